The minimum atomic E-state index is -0.604. The molecule has 0 spiro atoms. The van der Waals surface area contributed by atoms with Gasteiger partial charge in [0.15, 0.2) is 0 Å². The van der Waals surface area contributed by atoms with Crippen molar-refractivity contribution in [2.45, 2.75) is 26.3 Å². The van der Waals surface area contributed by atoms with Crippen LogP contribution in [0, 0.1) is 17.6 Å². The normalized spacial score (nSPS) is 18.3. The number of H-pyrrole nitrogens is 1. The van der Waals surface area contributed by atoms with Gasteiger partial charge in [0.05, 0.1) is 17.5 Å². The molecule has 1 saturated heterocycles. The number of piperidine rings is 1. The second-order valence-corrected chi connectivity index (χ2v) is 6.55. The average Bonchev–Trinajstić information content (AvgIpc) is 3.01. The lowest BCUT2D eigenvalue weighted by Crippen LogP contribution is -2.40. The molecule has 2 N–H and O–H groups in total. The number of carbonyl (C=O) groups excluding carboxylic acids is 1. The third-order valence-corrected chi connectivity index (χ3v) is 4.57. The van der Waals surface area contributed by atoms with E-state index >= 15 is 0 Å². The van der Waals surface area contributed by atoms with Crippen LogP contribution in [0.3, 0.4) is 0 Å². The lowest BCUT2D eigenvalue weighted by Gasteiger charge is -2.32. The summed E-state index contributed by atoms with van der Waals surface area (Å²) >= 11 is 0. The number of amides is 1. The number of rotatable bonds is 5. The maximum absolute atomic E-state index is 14.1. The largest absolute Gasteiger partial charge is 0.356 e. The summed E-state index contributed by atoms with van der Waals surface area (Å²) in [6.07, 6.45) is 3.72. The van der Waals surface area contributed by atoms with Crippen LogP contribution in [0.25, 0.3) is 11.3 Å². The van der Waals surface area contributed by atoms with Gasteiger partial charge in [0.2, 0.25) is 5.91 Å². The number of halogens is 2. The van der Waals surface area contributed by atoms with Gasteiger partial charge < -0.3 is 5.32 Å². The number of carbonyl (C=O) groups is 1. The van der Waals surface area contributed by atoms with E-state index in [4.69, 9.17) is 0 Å². The van der Waals surface area contributed by atoms with E-state index in [9.17, 15) is 13.6 Å². The first-order valence-corrected chi connectivity index (χ1v) is 8.48. The quantitative estimate of drug-likeness (QED) is 0.873. The summed E-state index contributed by atoms with van der Waals surface area (Å²) in [6.45, 7) is 4.50. The number of nitrogens with one attached hydrogen (secondary N) is 2. The Kier molecular flexibility index (Phi) is 5.43. The summed E-state index contributed by atoms with van der Waals surface area (Å²) in [6, 6.07) is 3.84. The molecule has 2 heterocycles. The molecule has 1 amide bonds. The van der Waals surface area contributed by atoms with Crippen LogP contribution < -0.4 is 5.32 Å². The Bertz CT molecular complexity index is 726. The molecule has 1 aliphatic heterocycles. The third-order valence-electron chi connectivity index (χ3n) is 4.57. The van der Waals surface area contributed by atoms with Crippen LogP contribution >= 0.6 is 0 Å². The van der Waals surface area contributed by atoms with Crippen molar-refractivity contribution in [2.75, 3.05) is 19.6 Å². The summed E-state index contributed by atoms with van der Waals surface area (Å²) < 4.78 is 28.1. The van der Waals surface area contributed by atoms with Crippen molar-refractivity contribution in [2.24, 2.45) is 5.92 Å². The van der Waals surface area contributed by atoms with Gasteiger partial charge in [0.1, 0.15) is 11.6 Å². The van der Waals surface area contributed by atoms with Crippen LogP contribution in [0.2, 0.25) is 0 Å². The van der Waals surface area contributed by atoms with Crippen LogP contribution in [0.5, 0.6) is 0 Å². The zero-order valence-electron chi connectivity index (χ0n) is 14.2. The topological polar surface area (TPSA) is 61.0 Å². The first kappa shape index (κ1) is 17.5. The SMILES string of the molecule is CC(=O)NC[C@@H]1CCCN(Cc2cn[nH]c2-c2c(F)cccc2F)C1. The van der Waals surface area contributed by atoms with Crippen LogP contribution in [-0.2, 0) is 11.3 Å². The monoisotopic (exact) mass is 348 g/mol. The van der Waals surface area contributed by atoms with Gasteiger partial charge in [-0.05, 0) is 37.4 Å². The van der Waals surface area contributed by atoms with Gasteiger partial charge in [-0.1, -0.05) is 6.07 Å². The summed E-state index contributed by atoms with van der Waals surface area (Å²) in [4.78, 5) is 13.3. The molecule has 1 fully saturated rings. The molecule has 7 heteroatoms. The van der Waals surface area contributed by atoms with Crippen molar-refractivity contribution in [3.05, 3.63) is 41.6 Å². The Morgan fingerprint density at radius 3 is 2.88 bits per heavy atom. The molecule has 0 saturated carbocycles. The smallest absolute Gasteiger partial charge is 0.216 e. The maximum Gasteiger partial charge on any atom is 0.216 e. The molecule has 1 atom stereocenters. The van der Waals surface area contributed by atoms with Crippen molar-refractivity contribution in [3.8, 4) is 11.3 Å². The number of aromatic amines is 1. The fourth-order valence-electron chi connectivity index (χ4n) is 3.37. The number of nitrogens with zero attached hydrogens (tertiary/aromatic N) is 2. The molecular formula is C18H22F2N4O. The van der Waals surface area contributed by atoms with E-state index in [-0.39, 0.29) is 11.5 Å². The highest BCUT2D eigenvalue weighted by molar-refractivity contribution is 5.72. The van der Waals surface area contributed by atoms with Gasteiger partial charge in [-0.25, -0.2) is 8.78 Å². The fourth-order valence-corrected chi connectivity index (χ4v) is 3.37. The van der Waals surface area contributed by atoms with Gasteiger partial charge in [-0.15, -0.1) is 0 Å². The standard InChI is InChI=1S/C18H22F2N4O/c1-12(25)21-8-13-4-3-7-24(10-13)11-14-9-22-23-18(14)17-15(19)5-2-6-16(17)20/h2,5-6,9,13H,3-4,7-8,10-11H2,1H3,(H,21,25)(H,22,23)/t13-/m0/s1. The minimum Gasteiger partial charge on any atom is -0.356 e. The summed E-state index contributed by atoms with van der Waals surface area (Å²) in [7, 11) is 0. The van der Waals surface area contributed by atoms with Crippen molar-refractivity contribution >= 4 is 5.91 Å². The van der Waals surface area contributed by atoms with Gasteiger partial charge in [0.25, 0.3) is 0 Å². The second kappa shape index (κ2) is 7.74. The minimum absolute atomic E-state index is 0.0238. The lowest BCUT2D eigenvalue weighted by atomic mass is 9.97. The van der Waals surface area contributed by atoms with Gasteiger partial charge in [-0.2, -0.15) is 5.10 Å². The molecule has 1 aromatic carbocycles. The molecule has 3 rings (SSSR count). The van der Waals surface area contributed by atoms with Crippen LogP contribution in [0.15, 0.2) is 24.4 Å². The van der Waals surface area contributed by atoms with Crippen LogP contribution in [-0.4, -0.2) is 40.6 Å². The number of likely N-dealkylation sites (tertiary alicyclic amines) is 1. The van der Waals surface area contributed by atoms with E-state index in [0.717, 1.165) is 31.5 Å². The maximum atomic E-state index is 14.1. The number of hydrogen-bond acceptors (Lipinski definition) is 3. The average molecular weight is 348 g/mol. The molecule has 0 unspecified atom stereocenters. The molecule has 134 valence electrons. The second-order valence-electron chi connectivity index (χ2n) is 6.55. The highest BCUT2D eigenvalue weighted by atomic mass is 19.1. The van der Waals surface area contributed by atoms with Crippen molar-refractivity contribution in [1.29, 1.82) is 0 Å². The predicted molar refractivity (Wildman–Crippen MR) is 90.6 cm³/mol. The molecular weight excluding hydrogens is 326 g/mol. The Hall–Kier alpha value is -2.28. The highest BCUT2D eigenvalue weighted by Gasteiger charge is 2.23. The number of benzene rings is 1. The van der Waals surface area contributed by atoms with E-state index in [1.165, 1.54) is 25.1 Å². The predicted octanol–water partition coefficient (Wildman–Crippen LogP) is 2.70. The Balaban J connectivity index is 1.72. The Morgan fingerprint density at radius 1 is 1.40 bits per heavy atom. The third kappa shape index (κ3) is 4.22. The number of hydrogen-bond donors (Lipinski definition) is 2. The molecule has 25 heavy (non-hydrogen) atoms. The molecule has 1 aliphatic rings. The molecule has 0 aliphatic carbocycles. The van der Waals surface area contributed by atoms with E-state index in [1.807, 2.05) is 0 Å². The van der Waals surface area contributed by atoms with Gasteiger partial charge in [-0.3, -0.25) is 14.8 Å². The Morgan fingerprint density at radius 2 is 2.16 bits per heavy atom. The zero-order chi connectivity index (χ0) is 17.8. The molecule has 2 aromatic rings. The van der Waals surface area contributed by atoms with Crippen molar-refractivity contribution < 1.29 is 13.6 Å². The highest BCUT2D eigenvalue weighted by Crippen LogP contribution is 2.28. The summed E-state index contributed by atoms with van der Waals surface area (Å²) in [5, 5.41) is 9.58. The van der Waals surface area contributed by atoms with Crippen LogP contribution in [0.4, 0.5) is 8.78 Å². The molecule has 1 aromatic heterocycles. The van der Waals surface area contributed by atoms with Gasteiger partial charge in [0, 0.05) is 32.1 Å². The van der Waals surface area contributed by atoms with Gasteiger partial charge >= 0.3 is 0 Å². The summed E-state index contributed by atoms with van der Waals surface area (Å²) in [5.41, 5.74) is 1.09. The van der Waals surface area contributed by atoms with Crippen molar-refractivity contribution in [1.82, 2.24) is 20.4 Å². The number of aromatic nitrogens is 2. The zero-order valence-corrected chi connectivity index (χ0v) is 14.2. The Labute approximate surface area is 145 Å². The summed E-state index contributed by atoms with van der Waals surface area (Å²) in [5.74, 6) is -0.845. The van der Waals surface area contributed by atoms with Crippen molar-refractivity contribution in [3.63, 3.8) is 0 Å². The fraction of sp³-hybridized carbons (Fsp3) is 0.444. The molecule has 0 radical (unpaired) electrons. The first-order chi connectivity index (χ1) is 12.0. The molecule has 5 nitrogen and oxygen atoms in total. The van der Waals surface area contributed by atoms with E-state index in [0.29, 0.717) is 24.7 Å². The molecule has 0 bridgehead atoms. The van der Waals surface area contributed by atoms with Crippen LogP contribution in [0.1, 0.15) is 25.3 Å². The lowest BCUT2D eigenvalue weighted by molar-refractivity contribution is -0.119. The first-order valence-electron chi connectivity index (χ1n) is 8.48. The van der Waals surface area contributed by atoms with E-state index in [2.05, 4.69) is 20.4 Å². The van der Waals surface area contributed by atoms with E-state index in [1.54, 1.807) is 6.20 Å². The van der Waals surface area contributed by atoms with E-state index < -0.39 is 11.6 Å².